The van der Waals surface area contributed by atoms with E-state index >= 15 is 0 Å². The number of hydrogen-bond donors (Lipinski definition) is 3. The molecule has 0 saturated carbocycles. The second-order valence-electron chi connectivity index (χ2n) is 5.86. The third kappa shape index (κ3) is 5.23. The molecule has 0 aromatic heterocycles. The summed E-state index contributed by atoms with van der Waals surface area (Å²) in [5.41, 5.74) is 1.16. The van der Waals surface area contributed by atoms with E-state index in [1.165, 1.54) is 26.2 Å². The van der Waals surface area contributed by atoms with Crippen LogP contribution in [0.25, 0.3) is 0 Å². The summed E-state index contributed by atoms with van der Waals surface area (Å²) in [6.45, 7) is 3.71. The predicted octanol–water partition coefficient (Wildman–Crippen LogP) is 2.55. The van der Waals surface area contributed by atoms with Crippen LogP contribution in [-0.2, 0) is 4.79 Å². The van der Waals surface area contributed by atoms with Gasteiger partial charge in [-0.2, -0.15) is 0 Å². The van der Waals surface area contributed by atoms with E-state index in [2.05, 4.69) is 10.6 Å². The lowest BCUT2D eigenvalue weighted by molar-refractivity contribution is -0.138. The number of methoxy groups -OCH3 is 1. The number of carbonyl (C=O) groups is 3. The van der Waals surface area contributed by atoms with E-state index in [1.54, 1.807) is 30.3 Å². The summed E-state index contributed by atoms with van der Waals surface area (Å²) in [5.74, 6) is -0.980. The first-order valence-corrected chi connectivity index (χ1v) is 8.61. The number of benzene rings is 2. The van der Waals surface area contributed by atoms with Gasteiger partial charge in [0.25, 0.3) is 11.8 Å². The van der Waals surface area contributed by atoms with Gasteiger partial charge in [0.15, 0.2) is 11.5 Å². The van der Waals surface area contributed by atoms with Gasteiger partial charge in [0.05, 0.1) is 13.7 Å². The standard InChI is InChI=1S/C20H22N2O6/c1-4-28-16-10-7-14(11-17(16)27-3)19(24)22-15-8-5-13(6-9-15)18(23)21-12(2)20(25)26/h5-12H,4H2,1-3H3,(H,21,23)(H,22,24)(H,25,26). The van der Waals surface area contributed by atoms with Gasteiger partial charge in [-0.05, 0) is 56.3 Å². The lowest BCUT2D eigenvalue weighted by Gasteiger charge is -2.12. The maximum Gasteiger partial charge on any atom is 0.325 e. The molecule has 0 aliphatic carbocycles. The van der Waals surface area contributed by atoms with Gasteiger partial charge in [0, 0.05) is 16.8 Å². The third-order valence-corrected chi connectivity index (χ3v) is 3.85. The van der Waals surface area contributed by atoms with Crippen molar-refractivity contribution in [3.05, 3.63) is 53.6 Å². The molecule has 28 heavy (non-hydrogen) atoms. The van der Waals surface area contributed by atoms with Crippen LogP contribution in [0.4, 0.5) is 5.69 Å². The highest BCUT2D eigenvalue weighted by molar-refractivity contribution is 6.05. The molecule has 1 unspecified atom stereocenters. The number of rotatable bonds is 8. The zero-order chi connectivity index (χ0) is 20.7. The molecule has 0 spiro atoms. The minimum atomic E-state index is -1.12. The van der Waals surface area contributed by atoms with Gasteiger partial charge in [-0.25, -0.2) is 0 Å². The lowest BCUT2D eigenvalue weighted by Crippen LogP contribution is -2.38. The van der Waals surface area contributed by atoms with Crippen LogP contribution in [0.2, 0.25) is 0 Å². The summed E-state index contributed by atoms with van der Waals surface area (Å²) in [7, 11) is 1.49. The number of amides is 2. The first-order chi connectivity index (χ1) is 13.3. The van der Waals surface area contributed by atoms with Crippen molar-refractivity contribution < 1.29 is 29.0 Å². The van der Waals surface area contributed by atoms with Crippen LogP contribution < -0.4 is 20.1 Å². The average Bonchev–Trinajstić information content (AvgIpc) is 2.68. The first-order valence-electron chi connectivity index (χ1n) is 8.61. The summed E-state index contributed by atoms with van der Waals surface area (Å²) in [4.78, 5) is 35.2. The molecule has 1 atom stereocenters. The predicted molar refractivity (Wildman–Crippen MR) is 103 cm³/mol. The second-order valence-corrected chi connectivity index (χ2v) is 5.86. The summed E-state index contributed by atoms with van der Waals surface area (Å²) in [5, 5.41) is 13.9. The molecule has 0 aliphatic rings. The molecule has 8 heteroatoms. The maximum atomic E-state index is 12.4. The van der Waals surface area contributed by atoms with Crippen LogP contribution in [0, 0.1) is 0 Å². The molecule has 2 aromatic rings. The Morgan fingerprint density at radius 3 is 2.21 bits per heavy atom. The quantitative estimate of drug-likeness (QED) is 0.642. The van der Waals surface area contributed by atoms with Crippen LogP contribution in [-0.4, -0.2) is 42.6 Å². The number of carboxylic acid groups (broad SMARTS) is 1. The number of nitrogens with one attached hydrogen (secondary N) is 2. The molecular weight excluding hydrogens is 364 g/mol. The topological polar surface area (TPSA) is 114 Å². The molecule has 3 N–H and O–H groups in total. The lowest BCUT2D eigenvalue weighted by atomic mass is 10.1. The van der Waals surface area contributed by atoms with E-state index in [4.69, 9.17) is 14.6 Å². The van der Waals surface area contributed by atoms with Gasteiger partial charge in [-0.15, -0.1) is 0 Å². The Labute approximate surface area is 162 Å². The fourth-order valence-electron chi connectivity index (χ4n) is 2.33. The molecule has 2 rings (SSSR count). The highest BCUT2D eigenvalue weighted by Gasteiger charge is 2.16. The Morgan fingerprint density at radius 1 is 1.00 bits per heavy atom. The van der Waals surface area contributed by atoms with Crippen LogP contribution in [0.3, 0.4) is 0 Å². The second kappa shape index (κ2) is 9.40. The Balaban J connectivity index is 2.06. The Hall–Kier alpha value is -3.55. The number of anilines is 1. The van der Waals surface area contributed by atoms with E-state index in [9.17, 15) is 14.4 Å². The summed E-state index contributed by atoms with van der Waals surface area (Å²) < 4.78 is 10.7. The fraction of sp³-hybridized carbons (Fsp3) is 0.250. The van der Waals surface area contributed by atoms with Crippen molar-refractivity contribution in [1.82, 2.24) is 5.32 Å². The van der Waals surface area contributed by atoms with E-state index in [1.807, 2.05) is 6.92 Å². The monoisotopic (exact) mass is 386 g/mol. The highest BCUT2D eigenvalue weighted by Crippen LogP contribution is 2.28. The minimum Gasteiger partial charge on any atom is -0.493 e. The van der Waals surface area contributed by atoms with E-state index in [-0.39, 0.29) is 11.5 Å². The van der Waals surface area contributed by atoms with Crippen molar-refractivity contribution >= 4 is 23.5 Å². The SMILES string of the molecule is CCOc1ccc(C(=O)Nc2ccc(C(=O)NC(C)C(=O)O)cc2)cc1OC. The smallest absolute Gasteiger partial charge is 0.325 e. The summed E-state index contributed by atoms with van der Waals surface area (Å²) >= 11 is 0. The minimum absolute atomic E-state index is 0.286. The third-order valence-electron chi connectivity index (χ3n) is 3.85. The van der Waals surface area contributed by atoms with Gasteiger partial charge in [-0.3, -0.25) is 14.4 Å². The molecule has 2 aromatic carbocycles. The molecule has 0 heterocycles. The number of carboxylic acids is 1. The Kier molecular flexibility index (Phi) is 6.97. The first kappa shape index (κ1) is 20.8. The van der Waals surface area contributed by atoms with Crippen LogP contribution >= 0.6 is 0 Å². The molecule has 2 amide bonds. The van der Waals surface area contributed by atoms with Gasteiger partial charge in [0.2, 0.25) is 0 Å². The Bertz CT molecular complexity index is 863. The summed E-state index contributed by atoms with van der Waals surface area (Å²) in [6, 6.07) is 9.98. The molecule has 0 saturated heterocycles. The van der Waals surface area contributed by atoms with Crippen LogP contribution in [0.1, 0.15) is 34.6 Å². The number of hydrogen-bond acceptors (Lipinski definition) is 5. The fourth-order valence-corrected chi connectivity index (χ4v) is 2.33. The molecule has 0 radical (unpaired) electrons. The molecule has 0 aliphatic heterocycles. The maximum absolute atomic E-state index is 12.4. The zero-order valence-corrected chi connectivity index (χ0v) is 15.8. The highest BCUT2D eigenvalue weighted by atomic mass is 16.5. The summed E-state index contributed by atoms with van der Waals surface area (Å²) in [6.07, 6.45) is 0. The van der Waals surface area contributed by atoms with Crippen molar-refractivity contribution in [2.75, 3.05) is 19.0 Å². The average molecular weight is 386 g/mol. The van der Waals surface area contributed by atoms with Crippen LogP contribution in [0.15, 0.2) is 42.5 Å². The van der Waals surface area contributed by atoms with E-state index < -0.39 is 17.9 Å². The Morgan fingerprint density at radius 2 is 1.64 bits per heavy atom. The molecular formula is C20H22N2O6. The van der Waals surface area contributed by atoms with Crippen molar-refractivity contribution in [1.29, 1.82) is 0 Å². The van der Waals surface area contributed by atoms with E-state index in [0.29, 0.717) is 29.4 Å². The largest absolute Gasteiger partial charge is 0.493 e. The number of carbonyl (C=O) groups excluding carboxylic acids is 2. The van der Waals surface area contributed by atoms with Gasteiger partial charge < -0.3 is 25.2 Å². The van der Waals surface area contributed by atoms with Gasteiger partial charge in [-0.1, -0.05) is 0 Å². The molecule has 0 fully saturated rings. The van der Waals surface area contributed by atoms with Crippen molar-refractivity contribution in [2.45, 2.75) is 19.9 Å². The van der Waals surface area contributed by atoms with Crippen molar-refractivity contribution in [2.24, 2.45) is 0 Å². The zero-order valence-electron chi connectivity index (χ0n) is 15.8. The number of ether oxygens (including phenoxy) is 2. The molecule has 8 nitrogen and oxygen atoms in total. The van der Waals surface area contributed by atoms with Crippen LogP contribution in [0.5, 0.6) is 11.5 Å². The van der Waals surface area contributed by atoms with Crippen molar-refractivity contribution in [3.63, 3.8) is 0 Å². The van der Waals surface area contributed by atoms with Gasteiger partial charge in [0.1, 0.15) is 6.04 Å². The molecule has 0 bridgehead atoms. The molecule has 148 valence electrons. The van der Waals surface area contributed by atoms with E-state index in [0.717, 1.165) is 0 Å². The van der Waals surface area contributed by atoms with Gasteiger partial charge >= 0.3 is 5.97 Å². The normalized spacial score (nSPS) is 11.2. The van der Waals surface area contributed by atoms with Crippen molar-refractivity contribution in [3.8, 4) is 11.5 Å². The number of aliphatic carboxylic acids is 1.